The molecule has 0 bridgehead atoms. The number of nitrogens with zero attached hydrogens (tertiary/aromatic N) is 1. The minimum absolute atomic E-state index is 0.0752. The maximum Gasteiger partial charge on any atom is 0.226 e. The molecule has 1 atom stereocenters. The molecule has 0 fully saturated rings. The number of halogens is 1. The molecule has 118 valence electrons. The van der Waals surface area contributed by atoms with Crippen LogP contribution < -0.4 is 5.73 Å². The Kier molecular flexibility index (Phi) is 6.68. The van der Waals surface area contributed by atoms with Crippen molar-refractivity contribution in [1.29, 1.82) is 0 Å². The summed E-state index contributed by atoms with van der Waals surface area (Å²) in [5, 5.41) is 0. The van der Waals surface area contributed by atoms with Crippen LogP contribution in [0, 0.1) is 17.2 Å². The first kappa shape index (κ1) is 18.0. The van der Waals surface area contributed by atoms with E-state index in [0.717, 1.165) is 4.90 Å². The predicted molar refractivity (Wildman–Crippen MR) is 86.8 cm³/mol. The first-order chi connectivity index (χ1) is 9.75. The van der Waals surface area contributed by atoms with E-state index >= 15 is 0 Å². The van der Waals surface area contributed by atoms with E-state index in [1.165, 1.54) is 12.1 Å². The molecule has 0 saturated carbocycles. The number of thioether (sulfide) groups is 1. The molecule has 5 heteroatoms. The maximum absolute atomic E-state index is 12.8. The van der Waals surface area contributed by atoms with Gasteiger partial charge in [-0.25, -0.2) is 4.39 Å². The fraction of sp³-hybridized carbons (Fsp3) is 0.562. The summed E-state index contributed by atoms with van der Waals surface area (Å²) in [4.78, 5) is 15.0. The number of rotatable bonds is 7. The van der Waals surface area contributed by atoms with Crippen molar-refractivity contribution in [1.82, 2.24) is 4.90 Å². The third kappa shape index (κ3) is 6.06. The minimum Gasteiger partial charge on any atom is -0.345 e. The number of hydrogen-bond donors (Lipinski definition) is 1. The Bertz CT molecular complexity index is 462. The van der Waals surface area contributed by atoms with Gasteiger partial charge in [0.2, 0.25) is 5.91 Å². The lowest BCUT2D eigenvalue weighted by Crippen LogP contribution is -2.42. The molecule has 0 aliphatic carbocycles. The standard InChI is InChI=1S/C16H25FN2OS/c1-12(9-21-14-7-5-13(17)6-8-14)15(20)19(4)11-16(2,3)10-18/h5-8,12H,9-11,18H2,1-4H3. The molecule has 21 heavy (non-hydrogen) atoms. The van der Waals surface area contributed by atoms with E-state index in [-0.39, 0.29) is 23.1 Å². The zero-order valence-corrected chi connectivity index (χ0v) is 14.0. The van der Waals surface area contributed by atoms with E-state index in [1.54, 1.807) is 28.8 Å². The summed E-state index contributed by atoms with van der Waals surface area (Å²) in [6.07, 6.45) is 0. The van der Waals surface area contributed by atoms with Crippen LogP contribution in [0.1, 0.15) is 20.8 Å². The topological polar surface area (TPSA) is 46.3 Å². The number of hydrogen-bond acceptors (Lipinski definition) is 3. The summed E-state index contributed by atoms with van der Waals surface area (Å²) in [5.74, 6) is 0.467. The number of amides is 1. The van der Waals surface area contributed by atoms with Crippen LogP contribution in [-0.4, -0.2) is 36.7 Å². The van der Waals surface area contributed by atoms with Crippen LogP contribution in [0.15, 0.2) is 29.2 Å². The molecule has 0 aliphatic heterocycles. The second kappa shape index (κ2) is 7.80. The molecular formula is C16H25FN2OS. The summed E-state index contributed by atoms with van der Waals surface area (Å²) in [6.45, 7) is 7.21. The Hall–Kier alpha value is -1.07. The Morgan fingerprint density at radius 3 is 2.48 bits per heavy atom. The lowest BCUT2D eigenvalue weighted by molar-refractivity contribution is -0.134. The maximum atomic E-state index is 12.8. The van der Waals surface area contributed by atoms with Gasteiger partial charge in [0.25, 0.3) is 0 Å². The van der Waals surface area contributed by atoms with Crippen molar-refractivity contribution in [2.24, 2.45) is 17.1 Å². The predicted octanol–water partition coefficient (Wildman–Crippen LogP) is 3.00. The lowest BCUT2D eigenvalue weighted by Gasteiger charge is -2.30. The quantitative estimate of drug-likeness (QED) is 0.787. The highest BCUT2D eigenvalue weighted by molar-refractivity contribution is 7.99. The van der Waals surface area contributed by atoms with E-state index in [4.69, 9.17) is 5.73 Å². The second-order valence-electron chi connectivity index (χ2n) is 6.23. The highest BCUT2D eigenvalue weighted by Gasteiger charge is 2.24. The van der Waals surface area contributed by atoms with E-state index in [0.29, 0.717) is 18.8 Å². The van der Waals surface area contributed by atoms with Gasteiger partial charge in [-0.05, 0) is 36.2 Å². The Morgan fingerprint density at radius 2 is 1.95 bits per heavy atom. The van der Waals surface area contributed by atoms with Crippen LogP contribution in [0.3, 0.4) is 0 Å². The summed E-state index contributed by atoms with van der Waals surface area (Å²) >= 11 is 1.57. The average molecular weight is 312 g/mol. The van der Waals surface area contributed by atoms with Gasteiger partial charge < -0.3 is 10.6 Å². The van der Waals surface area contributed by atoms with Gasteiger partial charge >= 0.3 is 0 Å². The van der Waals surface area contributed by atoms with Gasteiger partial charge in [0, 0.05) is 30.2 Å². The average Bonchev–Trinajstić information content (AvgIpc) is 2.45. The van der Waals surface area contributed by atoms with E-state index < -0.39 is 0 Å². The van der Waals surface area contributed by atoms with Gasteiger partial charge in [-0.15, -0.1) is 11.8 Å². The molecule has 1 amide bonds. The first-order valence-electron chi connectivity index (χ1n) is 7.08. The third-order valence-electron chi connectivity index (χ3n) is 3.33. The van der Waals surface area contributed by atoms with Crippen LogP contribution in [0.5, 0.6) is 0 Å². The summed E-state index contributed by atoms with van der Waals surface area (Å²) < 4.78 is 12.8. The van der Waals surface area contributed by atoms with Gasteiger partial charge in [0.05, 0.1) is 0 Å². The van der Waals surface area contributed by atoms with Crippen molar-refractivity contribution >= 4 is 17.7 Å². The highest BCUT2D eigenvalue weighted by atomic mass is 32.2. The van der Waals surface area contributed by atoms with Gasteiger partial charge in [-0.1, -0.05) is 20.8 Å². The largest absolute Gasteiger partial charge is 0.345 e. The molecule has 0 aliphatic rings. The first-order valence-corrected chi connectivity index (χ1v) is 8.07. The number of carbonyl (C=O) groups is 1. The fourth-order valence-corrected chi connectivity index (χ4v) is 2.90. The molecule has 1 aromatic rings. The SMILES string of the molecule is CC(CSc1ccc(F)cc1)C(=O)N(C)CC(C)(C)CN. The summed E-state index contributed by atoms with van der Waals surface area (Å²) in [5.41, 5.74) is 5.63. The molecule has 0 saturated heterocycles. The second-order valence-corrected chi connectivity index (χ2v) is 7.32. The van der Waals surface area contributed by atoms with Crippen molar-refractivity contribution < 1.29 is 9.18 Å². The van der Waals surface area contributed by atoms with Crippen LogP contribution in [0.2, 0.25) is 0 Å². The summed E-state index contributed by atoms with van der Waals surface area (Å²) in [7, 11) is 1.82. The van der Waals surface area contributed by atoms with E-state index in [2.05, 4.69) is 13.8 Å². The zero-order valence-electron chi connectivity index (χ0n) is 13.2. The minimum atomic E-state index is -0.243. The molecule has 0 radical (unpaired) electrons. The van der Waals surface area contributed by atoms with Crippen molar-refractivity contribution in [3.05, 3.63) is 30.1 Å². The number of benzene rings is 1. The molecule has 1 unspecified atom stereocenters. The van der Waals surface area contributed by atoms with Gasteiger partial charge in [-0.2, -0.15) is 0 Å². The van der Waals surface area contributed by atoms with Crippen LogP contribution in [0.25, 0.3) is 0 Å². The van der Waals surface area contributed by atoms with E-state index in [1.807, 2.05) is 14.0 Å². The van der Waals surface area contributed by atoms with Gasteiger partial charge in [0.15, 0.2) is 0 Å². The molecular weight excluding hydrogens is 287 g/mol. The highest BCUT2D eigenvalue weighted by Crippen LogP contribution is 2.22. The zero-order chi connectivity index (χ0) is 16.0. The van der Waals surface area contributed by atoms with Crippen LogP contribution in [-0.2, 0) is 4.79 Å². The van der Waals surface area contributed by atoms with Crippen LogP contribution >= 0.6 is 11.8 Å². The monoisotopic (exact) mass is 312 g/mol. The smallest absolute Gasteiger partial charge is 0.226 e. The van der Waals surface area contributed by atoms with Crippen molar-refractivity contribution in [2.75, 3.05) is 25.9 Å². The Labute approximate surface area is 131 Å². The summed E-state index contributed by atoms with van der Waals surface area (Å²) in [6, 6.07) is 6.34. The Morgan fingerprint density at radius 1 is 1.38 bits per heavy atom. The Balaban J connectivity index is 2.48. The van der Waals surface area contributed by atoms with Crippen molar-refractivity contribution in [3.8, 4) is 0 Å². The van der Waals surface area contributed by atoms with Gasteiger partial charge in [-0.3, -0.25) is 4.79 Å². The molecule has 2 N–H and O–H groups in total. The molecule has 3 nitrogen and oxygen atoms in total. The fourth-order valence-electron chi connectivity index (χ4n) is 1.98. The molecule has 0 heterocycles. The van der Waals surface area contributed by atoms with Crippen molar-refractivity contribution in [2.45, 2.75) is 25.7 Å². The molecule has 1 aromatic carbocycles. The third-order valence-corrected chi connectivity index (χ3v) is 4.60. The van der Waals surface area contributed by atoms with Gasteiger partial charge in [0.1, 0.15) is 5.82 Å². The molecule has 0 aromatic heterocycles. The van der Waals surface area contributed by atoms with Crippen molar-refractivity contribution in [3.63, 3.8) is 0 Å². The normalized spacial score (nSPS) is 13.0. The molecule has 0 spiro atoms. The number of nitrogens with two attached hydrogens (primary N) is 1. The molecule has 1 rings (SSSR count). The lowest BCUT2D eigenvalue weighted by atomic mass is 9.93. The van der Waals surface area contributed by atoms with Crippen LogP contribution in [0.4, 0.5) is 4.39 Å². The number of carbonyl (C=O) groups excluding carboxylic acids is 1. The van der Waals surface area contributed by atoms with E-state index in [9.17, 15) is 9.18 Å².